The van der Waals surface area contributed by atoms with Crippen molar-refractivity contribution < 1.29 is 9.84 Å². The van der Waals surface area contributed by atoms with Crippen LogP contribution < -0.4 is 5.32 Å². The molecule has 1 aliphatic carbocycles. The highest BCUT2D eigenvalue weighted by Crippen LogP contribution is 2.20. The molecule has 0 amide bonds. The summed E-state index contributed by atoms with van der Waals surface area (Å²) < 4.78 is 5.99. The molecule has 0 aliphatic heterocycles. The number of rotatable bonds is 7. The summed E-state index contributed by atoms with van der Waals surface area (Å²) in [6.45, 7) is 5.87. The largest absolute Gasteiger partial charge is 0.394 e. The third kappa shape index (κ3) is 5.84. The predicted molar refractivity (Wildman–Crippen MR) is 71.2 cm³/mol. The minimum Gasteiger partial charge on any atom is -0.394 e. The smallest absolute Gasteiger partial charge is 0.0671 e. The van der Waals surface area contributed by atoms with Crippen LogP contribution in [0.4, 0.5) is 0 Å². The van der Waals surface area contributed by atoms with Crippen molar-refractivity contribution in [3.8, 4) is 0 Å². The normalized spacial score (nSPS) is 22.1. The topological polar surface area (TPSA) is 41.5 Å². The Morgan fingerprint density at radius 2 is 1.88 bits per heavy atom. The maximum atomic E-state index is 9.45. The van der Waals surface area contributed by atoms with Gasteiger partial charge in [0.2, 0.25) is 0 Å². The monoisotopic (exact) mass is 243 g/mol. The van der Waals surface area contributed by atoms with Gasteiger partial charge in [0.1, 0.15) is 0 Å². The maximum absolute atomic E-state index is 9.45. The lowest BCUT2D eigenvalue weighted by Gasteiger charge is -2.30. The molecule has 0 radical (unpaired) electrons. The Bertz CT molecular complexity index is 191. The number of hydrogen-bond acceptors (Lipinski definition) is 3. The van der Waals surface area contributed by atoms with Crippen molar-refractivity contribution in [1.82, 2.24) is 5.32 Å². The second-order valence-corrected chi connectivity index (χ2v) is 5.57. The first-order chi connectivity index (χ1) is 8.20. The van der Waals surface area contributed by atoms with Gasteiger partial charge in [-0.3, -0.25) is 0 Å². The molecule has 2 N–H and O–H groups in total. The van der Waals surface area contributed by atoms with Gasteiger partial charge < -0.3 is 15.2 Å². The van der Waals surface area contributed by atoms with Crippen LogP contribution in [-0.4, -0.2) is 36.5 Å². The first-order valence-corrected chi connectivity index (χ1v) is 7.17. The van der Waals surface area contributed by atoms with Gasteiger partial charge in [0.15, 0.2) is 0 Å². The summed E-state index contributed by atoms with van der Waals surface area (Å²) in [5, 5.41) is 12.8. The van der Waals surface area contributed by atoms with Gasteiger partial charge in [-0.2, -0.15) is 0 Å². The minimum absolute atomic E-state index is 0.139. The first kappa shape index (κ1) is 14.9. The molecule has 0 aromatic rings. The zero-order chi connectivity index (χ0) is 12.6. The summed E-state index contributed by atoms with van der Waals surface area (Å²) in [4.78, 5) is 0. The van der Waals surface area contributed by atoms with E-state index in [4.69, 9.17) is 4.74 Å². The Balaban J connectivity index is 2.29. The molecule has 0 spiro atoms. The van der Waals surface area contributed by atoms with Crippen LogP contribution in [0.25, 0.3) is 0 Å². The van der Waals surface area contributed by atoms with Crippen molar-refractivity contribution in [3.63, 3.8) is 0 Å². The number of ether oxygens (including phenoxy) is 1. The summed E-state index contributed by atoms with van der Waals surface area (Å²) in [5.41, 5.74) is -0.275. The van der Waals surface area contributed by atoms with Crippen LogP contribution >= 0.6 is 0 Å². The van der Waals surface area contributed by atoms with Crippen molar-refractivity contribution in [2.45, 2.75) is 70.4 Å². The zero-order valence-corrected chi connectivity index (χ0v) is 11.5. The maximum Gasteiger partial charge on any atom is 0.0671 e. The summed E-state index contributed by atoms with van der Waals surface area (Å²) in [6.07, 6.45) is 9.16. The SMILES string of the molecule is CCCNC(C)(CO)COC1CCCCCC1. The molecular formula is C14H29NO2. The van der Waals surface area contributed by atoms with Crippen LogP contribution in [0, 0.1) is 0 Å². The highest BCUT2D eigenvalue weighted by molar-refractivity contribution is 4.82. The van der Waals surface area contributed by atoms with E-state index in [1.165, 1.54) is 38.5 Å². The highest BCUT2D eigenvalue weighted by atomic mass is 16.5. The second-order valence-electron chi connectivity index (χ2n) is 5.57. The number of aliphatic hydroxyl groups is 1. The van der Waals surface area contributed by atoms with E-state index < -0.39 is 0 Å². The van der Waals surface area contributed by atoms with E-state index in [0.29, 0.717) is 12.7 Å². The Kier molecular flexibility index (Phi) is 7.09. The van der Waals surface area contributed by atoms with Gasteiger partial charge in [0.05, 0.1) is 24.9 Å². The average Bonchev–Trinajstić information content (AvgIpc) is 2.62. The molecule has 3 nitrogen and oxygen atoms in total. The first-order valence-electron chi connectivity index (χ1n) is 7.17. The Morgan fingerprint density at radius 3 is 2.41 bits per heavy atom. The number of nitrogens with one attached hydrogen (secondary N) is 1. The number of hydrogen-bond donors (Lipinski definition) is 2. The van der Waals surface area contributed by atoms with Crippen molar-refractivity contribution >= 4 is 0 Å². The minimum atomic E-state index is -0.275. The van der Waals surface area contributed by atoms with E-state index in [-0.39, 0.29) is 12.1 Å². The van der Waals surface area contributed by atoms with Crippen molar-refractivity contribution in [3.05, 3.63) is 0 Å². The third-order valence-electron chi connectivity index (χ3n) is 3.59. The van der Waals surface area contributed by atoms with Crippen molar-refractivity contribution in [2.24, 2.45) is 0 Å². The van der Waals surface area contributed by atoms with E-state index in [2.05, 4.69) is 12.2 Å². The fourth-order valence-electron chi connectivity index (χ4n) is 2.29. The molecule has 0 aromatic heterocycles. The van der Waals surface area contributed by atoms with Gasteiger partial charge >= 0.3 is 0 Å². The molecule has 17 heavy (non-hydrogen) atoms. The van der Waals surface area contributed by atoms with Crippen molar-refractivity contribution in [1.29, 1.82) is 0 Å². The van der Waals surface area contributed by atoms with Gasteiger partial charge in [-0.25, -0.2) is 0 Å². The Labute approximate surface area is 106 Å². The van der Waals surface area contributed by atoms with Crippen LogP contribution in [0.15, 0.2) is 0 Å². The van der Waals surface area contributed by atoms with Gasteiger partial charge in [-0.05, 0) is 32.7 Å². The standard InChI is InChI=1S/C14H29NO2/c1-3-10-15-14(2,11-16)12-17-13-8-6-4-5-7-9-13/h13,15-16H,3-12H2,1-2H3. The molecule has 102 valence electrons. The molecule has 0 heterocycles. The summed E-state index contributed by atoms with van der Waals surface area (Å²) in [6, 6.07) is 0. The summed E-state index contributed by atoms with van der Waals surface area (Å²) in [5.74, 6) is 0. The predicted octanol–water partition coefficient (Wildman–Crippen LogP) is 2.48. The quantitative estimate of drug-likeness (QED) is 0.675. The fourth-order valence-corrected chi connectivity index (χ4v) is 2.29. The van der Waals surface area contributed by atoms with Gasteiger partial charge in [-0.15, -0.1) is 0 Å². The molecule has 0 saturated heterocycles. The third-order valence-corrected chi connectivity index (χ3v) is 3.59. The lowest BCUT2D eigenvalue weighted by atomic mass is 10.0. The van der Waals surface area contributed by atoms with Crippen LogP contribution in [-0.2, 0) is 4.74 Å². The van der Waals surface area contributed by atoms with Crippen LogP contribution in [0.5, 0.6) is 0 Å². The lowest BCUT2D eigenvalue weighted by Crippen LogP contribution is -2.50. The summed E-state index contributed by atoms with van der Waals surface area (Å²) >= 11 is 0. The molecule has 3 heteroatoms. The molecule has 1 rings (SSSR count). The molecular weight excluding hydrogens is 214 g/mol. The van der Waals surface area contributed by atoms with Gasteiger partial charge in [0.25, 0.3) is 0 Å². The van der Waals surface area contributed by atoms with Crippen LogP contribution in [0.2, 0.25) is 0 Å². The van der Waals surface area contributed by atoms with Crippen LogP contribution in [0.3, 0.4) is 0 Å². The molecule has 1 saturated carbocycles. The molecule has 0 aromatic carbocycles. The van der Waals surface area contributed by atoms with Crippen LogP contribution in [0.1, 0.15) is 58.8 Å². The number of aliphatic hydroxyl groups excluding tert-OH is 1. The van der Waals surface area contributed by atoms with E-state index in [0.717, 1.165) is 13.0 Å². The fraction of sp³-hybridized carbons (Fsp3) is 1.00. The van der Waals surface area contributed by atoms with E-state index in [1.54, 1.807) is 0 Å². The zero-order valence-electron chi connectivity index (χ0n) is 11.5. The molecule has 0 bridgehead atoms. The van der Waals surface area contributed by atoms with E-state index >= 15 is 0 Å². The van der Waals surface area contributed by atoms with Gasteiger partial charge in [-0.1, -0.05) is 32.6 Å². The summed E-state index contributed by atoms with van der Waals surface area (Å²) in [7, 11) is 0. The molecule has 1 unspecified atom stereocenters. The highest BCUT2D eigenvalue weighted by Gasteiger charge is 2.24. The molecule has 1 aliphatic rings. The van der Waals surface area contributed by atoms with Crippen molar-refractivity contribution in [2.75, 3.05) is 19.8 Å². The lowest BCUT2D eigenvalue weighted by molar-refractivity contribution is -0.00968. The van der Waals surface area contributed by atoms with E-state index in [9.17, 15) is 5.11 Å². The molecule has 1 atom stereocenters. The Morgan fingerprint density at radius 1 is 1.24 bits per heavy atom. The van der Waals surface area contributed by atoms with Gasteiger partial charge in [0, 0.05) is 0 Å². The average molecular weight is 243 g/mol. The Hall–Kier alpha value is -0.120. The second kappa shape index (κ2) is 8.06. The van der Waals surface area contributed by atoms with E-state index in [1.807, 2.05) is 6.92 Å². The molecule has 1 fully saturated rings.